The number of amides is 1. The molecule has 28 heavy (non-hydrogen) atoms. The third kappa shape index (κ3) is 3.67. The Morgan fingerprint density at radius 3 is 2.79 bits per heavy atom. The molecule has 0 bridgehead atoms. The zero-order chi connectivity index (χ0) is 19.9. The molecule has 10 heteroatoms. The minimum Gasteiger partial charge on any atom is -0.310 e. The van der Waals surface area contributed by atoms with Gasteiger partial charge in [-0.2, -0.15) is 0 Å². The number of carbonyl (C=O) groups is 1. The molecular weight excluding hydrogens is 403 g/mol. The van der Waals surface area contributed by atoms with Crippen LogP contribution in [0.25, 0.3) is 16.2 Å². The van der Waals surface area contributed by atoms with Crippen LogP contribution in [-0.4, -0.2) is 47.4 Å². The summed E-state index contributed by atoms with van der Waals surface area (Å²) in [4.78, 5) is 18.2. The van der Waals surface area contributed by atoms with Crippen LogP contribution >= 0.6 is 11.3 Å². The average molecular weight is 423 g/mol. The van der Waals surface area contributed by atoms with Gasteiger partial charge in [0.1, 0.15) is 17.3 Å². The van der Waals surface area contributed by atoms with Gasteiger partial charge in [-0.1, -0.05) is 0 Å². The molecule has 4 rings (SSSR count). The molecule has 1 aliphatic heterocycles. The van der Waals surface area contributed by atoms with E-state index >= 15 is 0 Å². The summed E-state index contributed by atoms with van der Waals surface area (Å²) in [6.07, 6.45) is 4.22. The Morgan fingerprint density at radius 1 is 1.32 bits per heavy atom. The van der Waals surface area contributed by atoms with Gasteiger partial charge in [0.2, 0.25) is 15.9 Å². The first-order valence-corrected chi connectivity index (χ1v) is 11.5. The molecule has 0 spiro atoms. The first kappa shape index (κ1) is 19.0. The number of carbonyl (C=O) groups excluding carboxylic acids is 1. The largest absolute Gasteiger partial charge is 0.310 e. The summed E-state index contributed by atoms with van der Waals surface area (Å²) in [6, 6.07) is 5.92. The predicted molar refractivity (Wildman–Crippen MR) is 106 cm³/mol. The Morgan fingerprint density at radius 2 is 2.07 bits per heavy atom. The maximum absolute atomic E-state index is 13.3. The van der Waals surface area contributed by atoms with Crippen molar-refractivity contribution in [2.75, 3.05) is 24.7 Å². The number of thiazole rings is 1. The van der Waals surface area contributed by atoms with Crippen molar-refractivity contribution in [2.45, 2.75) is 12.8 Å². The fraction of sp³-hybridized carbons (Fsp3) is 0.333. The van der Waals surface area contributed by atoms with Crippen LogP contribution in [0.1, 0.15) is 12.8 Å². The van der Waals surface area contributed by atoms with Crippen molar-refractivity contribution in [3.05, 3.63) is 41.7 Å². The molecule has 1 aromatic carbocycles. The summed E-state index contributed by atoms with van der Waals surface area (Å²) >= 11 is 1.43. The lowest BCUT2D eigenvalue weighted by Gasteiger charge is -2.30. The lowest BCUT2D eigenvalue weighted by molar-refractivity contribution is -0.120. The van der Waals surface area contributed by atoms with Crippen LogP contribution in [0.2, 0.25) is 0 Å². The molecular formula is C18H19FN4O3S2. The monoisotopic (exact) mass is 422 g/mol. The maximum atomic E-state index is 13.3. The van der Waals surface area contributed by atoms with Gasteiger partial charge in [-0.3, -0.25) is 9.20 Å². The van der Waals surface area contributed by atoms with Crippen molar-refractivity contribution in [3.8, 4) is 11.3 Å². The second-order valence-electron chi connectivity index (χ2n) is 6.82. The fourth-order valence-electron chi connectivity index (χ4n) is 3.39. The second kappa shape index (κ2) is 7.26. The van der Waals surface area contributed by atoms with Gasteiger partial charge in [0.15, 0.2) is 4.96 Å². The lowest BCUT2D eigenvalue weighted by Crippen LogP contribution is -2.43. The highest BCUT2D eigenvalue weighted by Gasteiger charge is 2.31. The number of nitrogens with zero attached hydrogens (tertiary/aromatic N) is 3. The van der Waals surface area contributed by atoms with E-state index in [1.165, 1.54) is 27.8 Å². The number of hydrogen-bond acceptors (Lipinski definition) is 5. The smallest absolute Gasteiger partial charge is 0.229 e. The molecule has 1 N–H and O–H groups in total. The Bertz CT molecular complexity index is 1120. The predicted octanol–water partition coefficient (Wildman–Crippen LogP) is 2.81. The normalized spacial score (nSPS) is 18.4. The number of imidazole rings is 1. The molecule has 3 aromatic rings. The summed E-state index contributed by atoms with van der Waals surface area (Å²) in [6.45, 7) is 0.604. The molecule has 0 aliphatic carbocycles. The molecule has 1 fully saturated rings. The molecule has 1 unspecified atom stereocenters. The first-order chi connectivity index (χ1) is 13.3. The Labute approximate surface area is 165 Å². The van der Waals surface area contributed by atoms with Gasteiger partial charge in [0, 0.05) is 30.2 Å². The van der Waals surface area contributed by atoms with Crippen LogP contribution in [-0.2, 0) is 14.8 Å². The van der Waals surface area contributed by atoms with Gasteiger partial charge >= 0.3 is 0 Å². The maximum Gasteiger partial charge on any atom is 0.229 e. The van der Waals surface area contributed by atoms with Gasteiger partial charge in [0.25, 0.3) is 0 Å². The van der Waals surface area contributed by atoms with Crippen LogP contribution in [0.15, 0.2) is 35.8 Å². The molecule has 148 valence electrons. The van der Waals surface area contributed by atoms with Gasteiger partial charge in [-0.25, -0.2) is 22.1 Å². The van der Waals surface area contributed by atoms with Crippen LogP contribution in [0.5, 0.6) is 0 Å². The molecule has 0 radical (unpaired) electrons. The van der Waals surface area contributed by atoms with E-state index in [0.29, 0.717) is 41.4 Å². The number of benzene rings is 1. The molecule has 3 heterocycles. The second-order valence-corrected chi connectivity index (χ2v) is 9.68. The fourth-order valence-corrected chi connectivity index (χ4v) is 5.02. The highest BCUT2D eigenvalue weighted by molar-refractivity contribution is 7.88. The van der Waals surface area contributed by atoms with Crippen LogP contribution < -0.4 is 5.32 Å². The summed E-state index contributed by atoms with van der Waals surface area (Å²) in [5.74, 6) is -0.527. The van der Waals surface area contributed by atoms with Crippen molar-refractivity contribution in [3.63, 3.8) is 0 Å². The molecule has 1 aliphatic rings. The van der Waals surface area contributed by atoms with Gasteiger partial charge < -0.3 is 5.32 Å². The van der Waals surface area contributed by atoms with E-state index in [1.54, 1.807) is 22.7 Å². The van der Waals surface area contributed by atoms with E-state index < -0.39 is 15.9 Å². The van der Waals surface area contributed by atoms with Crippen molar-refractivity contribution in [1.82, 2.24) is 13.7 Å². The standard InChI is InChI=1S/C18H19FN4O3S2/c1-28(25,26)22-8-2-3-13(11-22)17(24)21-16-15(12-4-6-14(19)7-5-12)20-18-23(16)9-10-27-18/h4-7,9-10,13H,2-3,8,11H2,1H3,(H,21,24). The van der Waals surface area contributed by atoms with Crippen LogP contribution in [0.3, 0.4) is 0 Å². The number of rotatable bonds is 4. The number of piperidine rings is 1. The van der Waals surface area contributed by atoms with Gasteiger partial charge in [-0.05, 0) is 37.1 Å². The zero-order valence-electron chi connectivity index (χ0n) is 15.1. The topological polar surface area (TPSA) is 83.8 Å². The number of anilines is 1. The van der Waals surface area contributed by atoms with E-state index in [2.05, 4.69) is 10.3 Å². The molecule has 1 atom stereocenters. The summed E-state index contributed by atoms with van der Waals surface area (Å²) in [5, 5.41) is 4.79. The Balaban J connectivity index is 1.64. The molecule has 0 saturated carbocycles. The Kier molecular flexibility index (Phi) is 4.94. The number of hydrogen-bond donors (Lipinski definition) is 1. The highest BCUT2D eigenvalue weighted by Crippen LogP contribution is 2.31. The van der Waals surface area contributed by atoms with Crippen LogP contribution in [0.4, 0.5) is 10.2 Å². The third-order valence-corrected chi connectivity index (χ3v) is 6.87. The minimum absolute atomic E-state index is 0.169. The van der Waals surface area contributed by atoms with Gasteiger partial charge in [0.05, 0.1) is 12.2 Å². The van der Waals surface area contributed by atoms with E-state index in [9.17, 15) is 17.6 Å². The average Bonchev–Trinajstić information content (AvgIpc) is 3.24. The number of nitrogens with one attached hydrogen (secondary N) is 1. The summed E-state index contributed by atoms with van der Waals surface area (Å²) < 4.78 is 40.1. The Hall–Kier alpha value is -2.30. The SMILES string of the molecule is CS(=O)(=O)N1CCCC(C(=O)Nc2c(-c3ccc(F)cc3)nc3sccn23)C1. The minimum atomic E-state index is -3.33. The van der Waals surface area contributed by atoms with E-state index in [-0.39, 0.29) is 18.3 Å². The number of halogens is 1. The molecule has 2 aromatic heterocycles. The van der Waals surface area contributed by atoms with Crippen LogP contribution in [0, 0.1) is 11.7 Å². The van der Waals surface area contributed by atoms with E-state index in [4.69, 9.17) is 0 Å². The third-order valence-electron chi connectivity index (χ3n) is 4.85. The van der Waals surface area contributed by atoms with E-state index in [1.807, 2.05) is 5.38 Å². The zero-order valence-corrected chi connectivity index (χ0v) is 16.8. The number of fused-ring (bicyclic) bond motifs is 1. The molecule has 1 saturated heterocycles. The quantitative estimate of drug-likeness (QED) is 0.701. The van der Waals surface area contributed by atoms with Crippen molar-refractivity contribution in [2.24, 2.45) is 5.92 Å². The van der Waals surface area contributed by atoms with E-state index in [0.717, 1.165) is 6.26 Å². The molecule has 1 amide bonds. The summed E-state index contributed by atoms with van der Waals surface area (Å²) in [7, 11) is -3.33. The number of aromatic nitrogens is 2. The molecule has 7 nitrogen and oxygen atoms in total. The van der Waals surface area contributed by atoms with Crippen molar-refractivity contribution in [1.29, 1.82) is 0 Å². The lowest BCUT2D eigenvalue weighted by atomic mass is 9.99. The number of sulfonamides is 1. The van der Waals surface area contributed by atoms with Crippen molar-refractivity contribution >= 4 is 38.0 Å². The highest BCUT2D eigenvalue weighted by atomic mass is 32.2. The van der Waals surface area contributed by atoms with Crippen molar-refractivity contribution < 1.29 is 17.6 Å². The van der Waals surface area contributed by atoms with Gasteiger partial charge in [-0.15, -0.1) is 11.3 Å². The summed E-state index contributed by atoms with van der Waals surface area (Å²) in [5.41, 5.74) is 1.24. The first-order valence-electron chi connectivity index (χ1n) is 8.80.